The highest BCUT2D eigenvalue weighted by molar-refractivity contribution is 7.91. The Morgan fingerprint density at radius 3 is 2.14 bits per heavy atom. The summed E-state index contributed by atoms with van der Waals surface area (Å²) in [5, 5.41) is 1.26. The van der Waals surface area contributed by atoms with Crippen LogP contribution in [0.25, 0.3) is 0 Å². The van der Waals surface area contributed by atoms with Gasteiger partial charge in [-0.05, 0) is 36.8 Å². The lowest BCUT2D eigenvalue weighted by Crippen LogP contribution is -2.27. The Hall–Kier alpha value is -2.34. The zero-order valence-electron chi connectivity index (χ0n) is 12.3. The van der Waals surface area contributed by atoms with Crippen LogP contribution in [0.5, 0.6) is 5.75 Å². The van der Waals surface area contributed by atoms with Crippen LogP contribution in [0.1, 0.15) is 16.5 Å². The van der Waals surface area contributed by atoms with Crippen LogP contribution >= 0.6 is 0 Å². The number of rotatable bonds is 6. The molecule has 1 amide bonds. The maximum atomic E-state index is 12.7. The van der Waals surface area contributed by atoms with Crippen molar-refractivity contribution in [3.63, 3.8) is 0 Å². The molecule has 0 aliphatic heterocycles. The van der Waals surface area contributed by atoms with Gasteiger partial charge in [-0.3, -0.25) is 4.79 Å². The number of benzene rings is 2. The van der Waals surface area contributed by atoms with Gasteiger partial charge in [-0.25, -0.2) is 8.42 Å². The van der Waals surface area contributed by atoms with E-state index in [0.29, 0.717) is 17.7 Å². The van der Waals surface area contributed by atoms with Gasteiger partial charge < -0.3 is 10.1 Å². The average molecular weight is 319 g/mol. The first-order valence-corrected chi connectivity index (χ1v) is 8.18. The summed E-state index contributed by atoms with van der Waals surface area (Å²) in [7, 11) is -2.25. The van der Waals surface area contributed by atoms with Crippen LogP contribution in [0, 0.1) is 6.92 Å². The number of nitrogens with one attached hydrogen (secondary N) is 1. The van der Waals surface area contributed by atoms with E-state index in [4.69, 9.17) is 4.74 Å². The van der Waals surface area contributed by atoms with Crippen LogP contribution in [-0.4, -0.2) is 21.9 Å². The lowest BCUT2D eigenvalue weighted by molar-refractivity contribution is -0.109. The Kier molecular flexibility index (Phi) is 4.82. The molecule has 1 N–H and O–H groups in total. The predicted octanol–water partition coefficient (Wildman–Crippen LogP) is 2.22. The molecule has 116 valence electrons. The molecule has 2 aromatic carbocycles. The first-order chi connectivity index (χ1) is 10.5. The van der Waals surface area contributed by atoms with Gasteiger partial charge in [-0.1, -0.05) is 29.8 Å². The summed E-state index contributed by atoms with van der Waals surface area (Å²) in [6.45, 7) is 1.91. The number of hydrogen-bond acceptors (Lipinski definition) is 4. The Balaban J connectivity index is 2.44. The standard InChI is InChI=1S/C16H17NO4S/c1-12-3-5-13(6-4-12)16(17-11-18)22(19,20)15-9-7-14(21-2)8-10-15/h3-11,16H,1-2H3,(H,17,18). The van der Waals surface area contributed by atoms with Crippen molar-refractivity contribution in [3.05, 3.63) is 59.7 Å². The number of carbonyl (C=O) groups is 1. The van der Waals surface area contributed by atoms with E-state index in [1.54, 1.807) is 36.4 Å². The fourth-order valence-corrected chi connectivity index (χ4v) is 3.61. The lowest BCUT2D eigenvalue weighted by Gasteiger charge is -2.18. The third-order valence-corrected chi connectivity index (χ3v) is 5.26. The van der Waals surface area contributed by atoms with Crippen LogP contribution in [0.3, 0.4) is 0 Å². The molecular formula is C16H17NO4S. The topological polar surface area (TPSA) is 72.5 Å². The molecule has 1 atom stereocenters. The highest BCUT2D eigenvalue weighted by Crippen LogP contribution is 2.27. The summed E-state index contributed by atoms with van der Waals surface area (Å²) >= 11 is 0. The Labute approximate surface area is 129 Å². The maximum absolute atomic E-state index is 12.7. The van der Waals surface area contributed by atoms with Crippen molar-refractivity contribution in [1.29, 1.82) is 0 Å². The average Bonchev–Trinajstić information content (AvgIpc) is 2.53. The molecule has 2 aromatic rings. The highest BCUT2D eigenvalue weighted by atomic mass is 32.2. The van der Waals surface area contributed by atoms with Crippen molar-refractivity contribution >= 4 is 16.2 Å². The van der Waals surface area contributed by atoms with Gasteiger partial charge in [0, 0.05) is 0 Å². The number of amides is 1. The molecule has 0 radical (unpaired) electrons. The minimum Gasteiger partial charge on any atom is -0.497 e. The lowest BCUT2D eigenvalue weighted by atomic mass is 10.1. The Bertz CT molecular complexity index is 737. The molecule has 2 rings (SSSR count). The molecule has 0 fully saturated rings. The first kappa shape index (κ1) is 16.0. The quantitative estimate of drug-likeness (QED) is 0.829. The molecule has 5 nitrogen and oxygen atoms in total. The summed E-state index contributed by atoms with van der Waals surface area (Å²) in [5.41, 5.74) is 1.52. The molecule has 1 unspecified atom stereocenters. The molecular weight excluding hydrogens is 302 g/mol. The number of sulfone groups is 1. The van der Waals surface area contributed by atoms with E-state index in [-0.39, 0.29) is 4.90 Å². The number of aryl methyl sites for hydroxylation is 1. The number of carbonyl (C=O) groups excluding carboxylic acids is 1. The minimum absolute atomic E-state index is 0.119. The van der Waals surface area contributed by atoms with Gasteiger partial charge in [0.15, 0.2) is 5.37 Å². The molecule has 6 heteroatoms. The highest BCUT2D eigenvalue weighted by Gasteiger charge is 2.28. The van der Waals surface area contributed by atoms with Crippen molar-refractivity contribution in [3.8, 4) is 5.75 Å². The summed E-state index contributed by atoms with van der Waals surface area (Å²) < 4.78 is 30.5. The number of ether oxygens (including phenoxy) is 1. The van der Waals surface area contributed by atoms with Gasteiger partial charge in [0.2, 0.25) is 16.2 Å². The zero-order valence-corrected chi connectivity index (χ0v) is 13.1. The number of methoxy groups -OCH3 is 1. The largest absolute Gasteiger partial charge is 0.497 e. The molecule has 0 aliphatic rings. The van der Waals surface area contributed by atoms with Crippen LogP contribution < -0.4 is 10.1 Å². The smallest absolute Gasteiger partial charge is 0.208 e. The van der Waals surface area contributed by atoms with Gasteiger partial charge >= 0.3 is 0 Å². The molecule has 0 saturated heterocycles. The fourth-order valence-electron chi connectivity index (χ4n) is 2.07. The van der Waals surface area contributed by atoms with Gasteiger partial charge in [-0.15, -0.1) is 0 Å². The zero-order chi connectivity index (χ0) is 16.2. The monoisotopic (exact) mass is 319 g/mol. The summed E-state index contributed by atoms with van der Waals surface area (Å²) in [5.74, 6) is 0.564. The van der Waals surface area contributed by atoms with Crippen LogP contribution in [0.15, 0.2) is 53.4 Å². The van der Waals surface area contributed by atoms with E-state index in [1.165, 1.54) is 19.2 Å². The second-order valence-corrected chi connectivity index (χ2v) is 6.83. The minimum atomic E-state index is -3.75. The SMILES string of the molecule is COc1ccc(S(=O)(=O)C(NC=O)c2ccc(C)cc2)cc1. The third kappa shape index (κ3) is 3.28. The van der Waals surface area contributed by atoms with Crippen molar-refractivity contribution in [1.82, 2.24) is 5.32 Å². The van der Waals surface area contributed by atoms with Crippen molar-refractivity contribution in [2.24, 2.45) is 0 Å². The molecule has 22 heavy (non-hydrogen) atoms. The van der Waals surface area contributed by atoms with E-state index in [9.17, 15) is 13.2 Å². The third-order valence-electron chi connectivity index (χ3n) is 3.30. The second kappa shape index (κ2) is 6.62. The van der Waals surface area contributed by atoms with Gasteiger partial charge in [0.25, 0.3) is 0 Å². The van der Waals surface area contributed by atoms with Crippen molar-refractivity contribution in [2.45, 2.75) is 17.2 Å². The summed E-state index contributed by atoms with van der Waals surface area (Å²) in [4.78, 5) is 11.0. The molecule has 0 aliphatic carbocycles. The van der Waals surface area contributed by atoms with Gasteiger partial charge in [0.05, 0.1) is 12.0 Å². The van der Waals surface area contributed by atoms with Gasteiger partial charge in [0.1, 0.15) is 5.75 Å². The second-order valence-electron chi connectivity index (χ2n) is 4.80. The van der Waals surface area contributed by atoms with Crippen LogP contribution in [-0.2, 0) is 14.6 Å². The maximum Gasteiger partial charge on any atom is 0.208 e. The van der Waals surface area contributed by atoms with Crippen LogP contribution in [0.2, 0.25) is 0 Å². The summed E-state index contributed by atoms with van der Waals surface area (Å²) in [6, 6.07) is 13.1. The fraction of sp³-hybridized carbons (Fsp3) is 0.188. The Morgan fingerprint density at radius 1 is 1.05 bits per heavy atom. The van der Waals surface area contributed by atoms with Gasteiger partial charge in [-0.2, -0.15) is 0 Å². The molecule has 0 bridgehead atoms. The van der Waals surface area contributed by atoms with E-state index in [2.05, 4.69) is 5.32 Å². The van der Waals surface area contributed by atoms with E-state index < -0.39 is 15.2 Å². The molecule has 0 aromatic heterocycles. The van der Waals surface area contributed by atoms with Crippen molar-refractivity contribution in [2.75, 3.05) is 7.11 Å². The summed E-state index contributed by atoms with van der Waals surface area (Å²) in [6.07, 6.45) is 0.394. The first-order valence-electron chi connectivity index (χ1n) is 6.63. The molecule has 0 spiro atoms. The van der Waals surface area contributed by atoms with E-state index in [1.807, 2.05) is 6.92 Å². The molecule has 0 heterocycles. The van der Waals surface area contributed by atoms with E-state index >= 15 is 0 Å². The normalized spacial score (nSPS) is 12.5. The number of hydrogen-bond donors (Lipinski definition) is 1. The Morgan fingerprint density at radius 2 is 1.64 bits per heavy atom. The van der Waals surface area contributed by atoms with E-state index in [0.717, 1.165) is 5.56 Å². The van der Waals surface area contributed by atoms with Crippen molar-refractivity contribution < 1.29 is 17.9 Å². The molecule has 0 saturated carbocycles. The van der Waals surface area contributed by atoms with Crippen LogP contribution in [0.4, 0.5) is 0 Å². The predicted molar refractivity (Wildman–Crippen MR) is 83.3 cm³/mol.